The number of pyridine rings is 1. The average Bonchev–Trinajstić information content (AvgIpc) is 3.21. The van der Waals surface area contributed by atoms with Crippen LogP contribution in [0, 0.1) is 12.7 Å². The van der Waals surface area contributed by atoms with Gasteiger partial charge in [-0.3, -0.25) is 4.79 Å². The summed E-state index contributed by atoms with van der Waals surface area (Å²) in [6.45, 7) is 4.93. The fraction of sp³-hybridized carbons (Fsp3) is 0.312. The molecule has 0 spiro atoms. The third-order valence-electron chi connectivity index (χ3n) is 4.27. The number of carbonyl (C=O) groups is 1. The Bertz CT molecular complexity index is 935. The van der Waals surface area contributed by atoms with Crippen LogP contribution in [0.15, 0.2) is 24.5 Å². The highest BCUT2D eigenvalue weighted by Gasteiger charge is 2.31. The Hall–Kier alpha value is -2.68. The molecule has 9 heteroatoms. The lowest BCUT2D eigenvalue weighted by molar-refractivity contribution is 0.0638. The Labute approximate surface area is 147 Å². The maximum atomic E-state index is 13.0. The van der Waals surface area contributed by atoms with Crippen LogP contribution in [0.2, 0.25) is 0 Å². The first-order chi connectivity index (χ1) is 12.0. The van der Waals surface area contributed by atoms with Gasteiger partial charge in [0, 0.05) is 13.1 Å². The smallest absolute Gasteiger partial charge is 0.273 e. The van der Waals surface area contributed by atoms with Gasteiger partial charge in [0.25, 0.3) is 5.91 Å². The van der Waals surface area contributed by atoms with Gasteiger partial charge in [0.1, 0.15) is 17.3 Å². The standard InChI is InChI=1S/C16H15FN6OS/c1-9-13-8-19-14(15-20-10(2)21-25-15)23(13)6-5-22(9)16(24)12-4-3-11(17)7-18-12/h3-4,7-9H,5-6H2,1-2H3. The summed E-state index contributed by atoms with van der Waals surface area (Å²) in [5.74, 6) is 0.825. The van der Waals surface area contributed by atoms with Crippen LogP contribution in [-0.4, -0.2) is 41.2 Å². The maximum Gasteiger partial charge on any atom is 0.273 e. The minimum Gasteiger partial charge on any atom is -0.327 e. The van der Waals surface area contributed by atoms with Gasteiger partial charge < -0.3 is 9.47 Å². The Balaban J connectivity index is 1.63. The van der Waals surface area contributed by atoms with Crippen molar-refractivity contribution in [3.8, 4) is 10.8 Å². The number of imidazole rings is 1. The van der Waals surface area contributed by atoms with Crippen LogP contribution in [0.25, 0.3) is 10.8 Å². The van der Waals surface area contributed by atoms with Gasteiger partial charge in [-0.05, 0) is 37.5 Å². The number of hydrogen-bond donors (Lipinski definition) is 0. The number of rotatable bonds is 2. The molecule has 0 radical (unpaired) electrons. The summed E-state index contributed by atoms with van der Waals surface area (Å²) in [6, 6.07) is 2.49. The Kier molecular flexibility index (Phi) is 3.79. The normalized spacial score (nSPS) is 16.8. The first-order valence-electron chi connectivity index (χ1n) is 7.83. The fourth-order valence-corrected chi connectivity index (χ4v) is 3.68. The number of aromatic nitrogens is 5. The van der Waals surface area contributed by atoms with Crippen LogP contribution in [0.3, 0.4) is 0 Å². The van der Waals surface area contributed by atoms with E-state index in [1.807, 2.05) is 13.8 Å². The van der Waals surface area contributed by atoms with Gasteiger partial charge in [-0.1, -0.05) is 0 Å². The molecule has 3 aromatic heterocycles. The predicted molar refractivity (Wildman–Crippen MR) is 89.5 cm³/mol. The molecule has 0 fully saturated rings. The molecule has 25 heavy (non-hydrogen) atoms. The summed E-state index contributed by atoms with van der Waals surface area (Å²) in [4.78, 5) is 27.2. The first kappa shape index (κ1) is 15.8. The van der Waals surface area contributed by atoms with E-state index in [1.54, 1.807) is 11.1 Å². The Morgan fingerprint density at radius 1 is 1.28 bits per heavy atom. The zero-order valence-electron chi connectivity index (χ0n) is 13.7. The van der Waals surface area contributed by atoms with Crippen molar-refractivity contribution in [2.75, 3.05) is 6.54 Å². The van der Waals surface area contributed by atoms with Crippen molar-refractivity contribution in [1.29, 1.82) is 0 Å². The van der Waals surface area contributed by atoms with Crippen molar-refractivity contribution >= 4 is 17.4 Å². The van der Waals surface area contributed by atoms with Gasteiger partial charge in [0.2, 0.25) is 0 Å². The monoisotopic (exact) mass is 358 g/mol. The fourth-order valence-electron chi connectivity index (χ4n) is 3.00. The van der Waals surface area contributed by atoms with Crippen molar-refractivity contribution in [1.82, 2.24) is 28.8 Å². The zero-order chi connectivity index (χ0) is 17.6. The second-order valence-corrected chi connectivity index (χ2v) is 6.59. The molecule has 7 nitrogen and oxygen atoms in total. The molecule has 0 N–H and O–H groups in total. The van der Waals surface area contributed by atoms with Gasteiger partial charge in [-0.25, -0.2) is 19.3 Å². The van der Waals surface area contributed by atoms with Crippen LogP contribution in [0.1, 0.15) is 35.0 Å². The lowest BCUT2D eigenvalue weighted by Gasteiger charge is -2.34. The van der Waals surface area contributed by atoms with Crippen molar-refractivity contribution in [2.24, 2.45) is 0 Å². The second kappa shape index (κ2) is 5.99. The van der Waals surface area contributed by atoms with E-state index in [9.17, 15) is 9.18 Å². The molecule has 128 valence electrons. The molecule has 1 aliphatic heterocycles. The van der Waals surface area contributed by atoms with E-state index in [2.05, 4.69) is 23.9 Å². The average molecular weight is 358 g/mol. The van der Waals surface area contributed by atoms with Crippen LogP contribution in [0.5, 0.6) is 0 Å². The van der Waals surface area contributed by atoms with Gasteiger partial charge in [0.05, 0.1) is 24.1 Å². The summed E-state index contributed by atoms with van der Waals surface area (Å²) in [6.07, 6.45) is 2.83. The van der Waals surface area contributed by atoms with E-state index >= 15 is 0 Å². The molecule has 0 aliphatic carbocycles. The number of halogens is 1. The summed E-state index contributed by atoms with van der Waals surface area (Å²) in [5.41, 5.74) is 1.17. The molecule has 1 aliphatic rings. The summed E-state index contributed by atoms with van der Waals surface area (Å²) in [7, 11) is 0. The quantitative estimate of drug-likeness (QED) is 0.703. The van der Waals surface area contributed by atoms with Gasteiger partial charge in [-0.2, -0.15) is 4.37 Å². The van der Waals surface area contributed by atoms with Gasteiger partial charge in [-0.15, -0.1) is 0 Å². The van der Waals surface area contributed by atoms with Crippen molar-refractivity contribution in [3.63, 3.8) is 0 Å². The van der Waals surface area contributed by atoms with Gasteiger partial charge in [0.15, 0.2) is 10.8 Å². The Morgan fingerprint density at radius 3 is 2.80 bits per heavy atom. The molecule has 0 bridgehead atoms. The number of fused-ring (bicyclic) bond motifs is 1. The Morgan fingerprint density at radius 2 is 2.12 bits per heavy atom. The number of carbonyl (C=O) groups excluding carboxylic acids is 1. The molecule has 4 rings (SSSR count). The SMILES string of the molecule is Cc1nsc(-c2ncc3n2CCN(C(=O)c2ccc(F)cn2)C3C)n1. The van der Waals surface area contributed by atoms with E-state index < -0.39 is 5.82 Å². The molecule has 0 saturated heterocycles. The van der Waals surface area contributed by atoms with E-state index in [0.717, 1.165) is 28.5 Å². The molecular weight excluding hydrogens is 343 g/mol. The van der Waals surface area contributed by atoms with Crippen LogP contribution in [0.4, 0.5) is 4.39 Å². The zero-order valence-corrected chi connectivity index (χ0v) is 14.5. The van der Waals surface area contributed by atoms with Crippen LogP contribution in [-0.2, 0) is 6.54 Å². The lowest BCUT2D eigenvalue weighted by Crippen LogP contribution is -2.41. The molecule has 1 amide bonds. The number of aryl methyl sites for hydroxylation is 1. The summed E-state index contributed by atoms with van der Waals surface area (Å²) in [5, 5.41) is 0.774. The third kappa shape index (κ3) is 2.70. The lowest BCUT2D eigenvalue weighted by atomic mass is 10.1. The third-order valence-corrected chi connectivity index (χ3v) is 5.08. The highest BCUT2D eigenvalue weighted by Crippen LogP contribution is 2.31. The molecule has 4 heterocycles. The second-order valence-electron chi connectivity index (χ2n) is 5.84. The van der Waals surface area contributed by atoms with E-state index in [1.165, 1.54) is 23.7 Å². The number of amides is 1. The van der Waals surface area contributed by atoms with Crippen LogP contribution < -0.4 is 0 Å². The minimum absolute atomic E-state index is 0.164. The summed E-state index contributed by atoms with van der Waals surface area (Å²) >= 11 is 1.32. The number of nitrogens with zero attached hydrogens (tertiary/aromatic N) is 6. The molecule has 1 atom stereocenters. The predicted octanol–water partition coefficient (Wildman–Crippen LogP) is 2.46. The number of hydrogen-bond acceptors (Lipinski definition) is 6. The molecule has 1 unspecified atom stereocenters. The minimum atomic E-state index is -0.460. The largest absolute Gasteiger partial charge is 0.327 e. The summed E-state index contributed by atoms with van der Waals surface area (Å²) < 4.78 is 19.3. The van der Waals surface area contributed by atoms with E-state index in [4.69, 9.17) is 0 Å². The van der Waals surface area contributed by atoms with Gasteiger partial charge >= 0.3 is 0 Å². The van der Waals surface area contributed by atoms with E-state index in [0.29, 0.717) is 13.1 Å². The molecular formula is C16H15FN6OS. The van der Waals surface area contributed by atoms with E-state index in [-0.39, 0.29) is 17.6 Å². The molecule has 0 aromatic carbocycles. The molecule has 3 aromatic rings. The highest BCUT2D eigenvalue weighted by molar-refractivity contribution is 7.09. The highest BCUT2D eigenvalue weighted by atomic mass is 32.1. The maximum absolute atomic E-state index is 13.0. The van der Waals surface area contributed by atoms with Crippen molar-refractivity contribution in [2.45, 2.75) is 26.4 Å². The van der Waals surface area contributed by atoms with Crippen molar-refractivity contribution < 1.29 is 9.18 Å². The topological polar surface area (TPSA) is 76.8 Å². The van der Waals surface area contributed by atoms with Crippen molar-refractivity contribution in [3.05, 3.63) is 47.6 Å². The molecule has 0 saturated carbocycles. The van der Waals surface area contributed by atoms with Crippen LogP contribution >= 0.6 is 11.5 Å². The first-order valence-corrected chi connectivity index (χ1v) is 8.60.